The van der Waals surface area contributed by atoms with E-state index >= 15 is 0 Å². The number of rotatable bonds is 3. The fourth-order valence-corrected chi connectivity index (χ4v) is 1.62. The first-order chi connectivity index (χ1) is 9.40. The molecular weight excluding hydrogens is 269 g/mol. The molecule has 20 heavy (non-hydrogen) atoms. The second-order valence-corrected chi connectivity index (χ2v) is 4.19. The van der Waals surface area contributed by atoms with Gasteiger partial charge < -0.3 is 10.6 Å². The largest absolute Gasteiger partial charge is 0.416 e. The Kier molecular flexibility index (Phi) is 3.78. The van der Waals surface area contributed by atoms with Crippen LogP contribution in [0.5, 0.6) is 0 Å². The highest BCUT2D eigenvalue weighted by molar-refractivity contribution is 5.62. The van der Waals surface area contributed by atoms with E-state index in [-0.39, 0.29) is 0 Å². The van der Waals surface area contributed by atoms with Crippen molar-refractivity contribution in [1.82, 2.24) is 9.97 Å². The maximum absolute atomic E-state index is 12.7. The summed E-state index contributed by atoms with van der Waals surface area (Å²) in [5.41, 5.74) is 0.334. The van der Waals surface area contributed by atoms with Gasteiger partial charge in [-0.25, -0.2) is 4.98 Å². The highest BCUT2D eigenvalue weighted by Crippen LogP contribution is 2.32. The molecule has 1 aromatic carbocycles. The number of anilines is 3. The second kappa shape index (κ2) is 5.36. The van der Waals surface area contributed by atoms with Crippen molar-refractivity contribution in [2.24, 2.45) is 0 Å². The van der Waals surface area contributed by atoms with Gasteiger partial charge in [-0.05, 0) is 24.6 Å². The molecule has 0 atom stereocenters. The van der Waals surface area contributed by atoms with Crippen molar-refractivity contribution in [3.8, 4) is 0 Å². The minimum absolute atomic E-state index is 0.349. The van der Waals surface area contributed by atoms with E-state index in [1.54, 1.807) is 14.0 Å². The predicted molar refractivity (Wildman–Crippen MR) is 71.0 cm³/mol. The number of aromatic nitrogens is 2. The van der Waals surface area contributed by atoms with Gasteiger partial charge in [0.2, 0.25) is 0 Å². The molecule has 2 aromatic rings. The third-order valence-corrected chi connectivity index (χ3v) is 2.72. The average molecular weight is 282 g/mol. The van der Waals surface area contributed by atoms with Crippen LogP contribution in [0.15, 0.2) is 30.6 Å². The van der Waals surface area contributed by atoms with Crippen LogP contribution in [0.4, 0.5) is 30.5 Å². The molecule has 1 heterocycles. The summed E-state index contributed by atoms with van der Waals surface area (Å²) < 4.78 is 38.1. The third kappa shape index (κ3) is 3.17. The lowest BCUT2D eigenvalue weighted by atomic mass is 10.1. The lowest BCUT2D eigenvalue weighted by molar-refractivity contribution is -0.137. The summed E-state index contributed by atoms with van der Waals surface area (Å²) in [4.78, 5) is 8.10. The number of halogens is 3. The van der Waals surface area contributed by atoms with Gasteiger partial charge in [-0.1, -0.05) is 6.07 Å². The van der Waals surface area contributed by atoms with Crippen molar-refractivity contribution in [2.45, 2.75) is 13.1 Å². The number of aryl methyl sites for hydroxylation is 1. The summed E-state index contributed by atoms with van der Waals surface area (Å²) in [6, 6.07) is 3.53. The second-order valence-electron chi connectivity index (χ2n) is 4.19. The number of nitrogens with zero attached hydrogens (tertiary/aromatic N) is 2. The zero-order valence-electron chi connectivity index (χ0n) is 10.9. The Morgan fingerprint density at radius 2 is 1.80 bits per heavy atom. The molecule has 0 saturated heterocycles. The van der Waals surface area contributed by atoms with E-state index in [0.717, 1.165) is 12.1 Å². The molecule has 0 saturated carbocycles. The zero-order chi connectivity index (χ0) is 14.8. The lowest BCUT2D eigenvalue weighted by Crippen LogP contribution is -2.06. The van der Waals surface area contributed by atoms with Gasteiger partial charge >= 0.3 is 6.18 Å². The molecule has 0 radical (unpaired) electrons. The summed E-state index contributed by atoms with van der Waals surface area (Å²) in [5, 5.41) is 5.66. The van der Waals surface area contributed by atoms with E-state index in [2.05, 4.69) is 20.6 Å². The first-order valence-corrected chi connectivity index (χ1v) is 5.85. The fourth-order valence-electron chi connectivity index (χ4n) is 1.62. The smallest absolute Gasteiger partial charge is 0.372 e. The molecule has 0 fully saturated rings. The van der Waals surface area contributed by atoms with Gasteiger partial charge in [-0.15, -0.1) is 0 Å². The van der Waals surface area contributed by atoms with E-state index in [0.29, 0.717) is 22.9 Å². The van der Waals surface area contributed by atoms with Crippen LogP contribution in [0.3, 0.4) is 0 Å². The highest BCUT2D eigenvalue weighted by Gasteiger charge is 2.30. The van der Waals surface area contributed by atoms with Crippen LogP contribution in [0.25, 0.3) is 0 Å². The lowest BCUT2D eigenvalue weighted by Gasteiger charge is -2.13. The van der Waals surface area contributed by atoms with E-state index in [1.807, 2.05) is 0 Å². The van der Waals surface area contributed by atoms with E-state index in [9.17, 15) is 13.2 Å². The zero-order valence-corrected chi connectivity index (χ0v) is 10.9. The van der Waals surface area contributed by atoms with Gasteiger partial charge in [-0.3, -0.25) is 4.98 Å². The van der Waals surface area contributed by atoms with Crippen LogP contribution in [-0.4, -0.2) is 17.0 Å². The SMILES string of the molecule is CNc1cncc(Nc2cc(C(F)(F)F)ccc2C)n1. The van der Waals surface area contributed by atoms with Gasteiger partial charge in [-0.2, -0.15) is 13.2 Å². The molecule has 4 nitrogen and oxygen atoms in total. The van der Waals surface area contributed by atoms with Gasteiger partial charge in [0.15, 0.2) is 5.82 Å². The van der Waals surface area contributed by atoms with Crippen molar-refractivity contribution < 1.29 is 13.2 Å². The Morgan fingerprint density at radius 1 is 1.10 bits per heavy atom. The number of hydrogen-bond donors (Lipinski definition) is 2. The van der Waals surface area contributed by atoms with Crippen LogP contribution < -0.4 is 10.6 Å². The Labute approximate surface area is 114 Å². The standard InChI is InChI=1S/C13H13F3N4/c1-8-3-4-9(13(14,15)16)5-10(8)19-12-7-18-6-11(17-2)20-12/h3-7H,1-2H3,(H2,17,19,20). The fraction of sp³-hybridized carbons (Fsp3) is 0.231. The molecule has 0 spiro atoms. The number of benzene rings is 1. The molecule has 2 N–H and O–H groups in total. The first-order valence-electron chi connectivity index (χ1n) is 5.85. The first kappa shape index (κ1) is 14.1. The van der Waals surface area contributed by atoms with Crippen LogP contribution in [0, 0.1) is 6.92 Å². The van der Waals surface area contributed by atoms with Crippen LogP contribution in [0.1, 0.15) is 11.1 Å². The topological polar surface area (TPSA) is 49.8 Å². The molecule has 7 heteroatoms. The molecule has 106 valence electrons. The van der Waals surface area contributed by atoms with Gasteiger partial charge in [0, 0.05) is 12.7 Å². The molecule has 0 unspecified atom stereocenters. The summed E-state index contributed by atoms with van der Waals surface area (Å²) >= 11 is 0. The molecule has 0 bridgehead atoms. The Hall–Kier alpha value is -2.31. The normalized spacial score (nSPS) is 11.2. The van der Waals surface area contributed by atoms with Gasteiger partial charge in [0.1, 0.15) is 5.82 Å². The molecule has 2 rings (SSSR count). The maximum Gasteiger partial charge on any atom is 0.416 e. The molecule has 0 aliphatic carbocycles. The van der Waals surface area contributed by atoms with E-state index in [4.69, 9.17) is 0 Å². The molecule has 0 aliphatic heterocycles. The molecule has 0 aliphatic rings. The highest BCUT2D eigenvalue weighted by atomic mass is 19.4. The molecule has 1 aromatic heterocycles. The Balaban J connectivity index is 2.32. The van der Waals surface area contributed by atoms with Crippen molar-refractivity contribution in [3.63, 3.8) is 0 Å². The summed E-state index contributed by atoms with van der Waals surface area (Å²) in [7, 11) is 1.68. The minimum Gasteiger partial charge on any atom is -0.372 e. The van der Waals surface area contributed by atoms with E-state index < -0.39 is 11.7 Å². The van der Waals surface area contributed by atoms with E-state index in [1.165, 1.54) is 18.5 Å². The predicted octanol–water partition coefficient (Wildman–Crippen LogP) is 3.59. The monoisotopic (exact) mass is 282 g/mol. The Morgan fingerprint density at radius 3 is 2.45 bits per heavy atom. The summed E-state index contributed by atoms with van der Waals surface area (Å²) in [6.45, 7) is 1.72. The number of alkyl halides is 3. The average Bonchev–Trinajstić information content (AvgIpc) is 2.40. The number of nitrogens with one attached hydrogen (secondary N) is 2. The quantitative estimate of drug-likeness (QED) is 0.903. The van der Waals surface area contributed by atoms with Crippen molar-refractivity contribution in [2.75, 3.05) is 17.7 Å². The number of hydrogen-bond acceptors (Lipinski definition) is 4. The van der Waals surface area contributed by atoms with Crippen LogP contribution in [-0.2, 0) is 6.18 Å². The van der Waals surface area contributed by atoms with Gasteiger partial charge in [0.05, 0.1) is 18.0 Å². The van der Waals surface area contributed by atoms with Crippen LogP contribution in [0.2, 0.25) is 0 Å². The maximum atomic E-state index is 12.7. The van der Waals surface area contributed by atoms with Crippen molar-refractivity contribution >= 4 is 17.3 Å². The summed E-state index contributed by atoms with van der Waals surface area (Å²) in [5.74, 6) is 0.902. The minimum atomic E-state index is -4.37. The van der Waals surface area contributed by atoms with Crippen molar-refractivity contribution in [3.05, 3.63) is 41.7 Å². The third-order valence-electron chi connectivity index (χ3n) is 2.72. The summed E-state index contributed by atoms with van der Waals surface area (Å²) in [6.07, 6.45) is -1.41. The Bertz CT molecular complexity index is 611. The van der Waals surface area contributed by atoms with Crippen molar-refractivity contribution in [1.29, 1.82) is 0 Å². The molecular formula is C13H13F3N4. The van der Waals surface area contributed by atoms with Gasteiger partial charge in [0.25, 0.3) is 0 Å². The molecule has 0 amide bonds. The van der Waals surface area contributed by atoms with Crippen LogP contribution >= 0.6 is 0 Å².